The number of ether oxygens (including phenoxy) is 1. The number of carbonyl (C=O) groups is 2. The molecule has 3 aromatic heterocycles. The highest BCUT2D eigenvalue weighted by atomic mass is 16.5. The van der Waals surface area contributed by atoms with Crippen LogP contribution in [0.5, 0.6) is 11.5 Å². The van der Waals surface area contributed by atoms with Crippen molar-refractivity contribution in [2.45, 2.75) is 25.8 Å². The van der Waals surface area contributed by atoms with Gasteiger partial charge in [0, 0.05) is 43.2 Å². The van der Waals surface area contributed by atoms with Gasteiger partial charge in [-0.1, -0.05) is 0 Å². The molecule has 36 heavy (non-hydrogen) atoms. The largest absolute Gasteiger partial charge is 0.465 e. The molecule has 0 spiro atoms. The predicted molar refractivity (Wildman–Crippen MR) is 134 cm³/mol. The molecule has 0 saturated carbocycles. The number of pyridine rings is 2. The summed E-state index contributed by atoms with van der Waals surface area (Å²) in [6.07, 6.45) is 3.94. The predicted octanol–water partition coefficient (Wildman–Crippen LogP) is 4.26. The van der Waals surface area contributed by atoms with Crippen molar-refractivity contribution < 1.29 is 19.4 Å². The van der Waals surface area contributed by atoms with Crippen LogP contribution in [0, 0.1) is 6.92 Å². The third-order valence-electron chi connectivity index (χ3n) is 5.96. The zero-order valence-electron chi connectivity index (χ0n) is 19.6. The van der Waals surface area contributed by atoms with E-state index in [0.717, 1.165) is 18.4 Å². The molecular weight excluding hydrogens is 462 g/mol. The molecule has 1 aliphatic heterocycles. The summed E-state index contributed by atoms with van der Waals surface area (Å²) in [6.45, 7) is 2.84. The molecule has 11 heteroatoms. The van der Waals surface area contributed by atoms with Crippen LogP contribution in [0.15, 0.2) is 54.9 Å². The SMILES string of the molecule is Cc1ccnc(NC(=O)c2ccc(Oc3ccnc4[nH]nc(NC5CCCN(C(=O)O)C5)c34)cc2)c1. The van der Waals surface area contributed by atoms with E-state index in [-0.39, 0.29) is 11.9 Å². The molecule has 5 rings (SSSR count). The lowest BCUT2D eigenvalue weighted by Gasteiger charge is -2.31. The molecule has 184 valence electrons. The number of aromatic amines is 1. The molecule has 11 nitrogen and oxygen atoms in total. The van der Waals surface area contributed by atoms with Crippen molar-refractivity contribution in [2.75, 3.05) is 23.7 Å². The molecule has 4 heterocycles. The number of benzene rings is 1. The fraction of sp³-hybridized carbons (Fsp3) is 0.240. The number of aromatic nitrogens is 4. The number of nitrogens with one attached hydrogen (secondary N) is 3. The Balaban J connectivity index is 1.31. The van der Waals surface area contributed by atoms with Crippen molar-refractivity contribution in [2.24, 2.45) is 0 Å². The average molecular weight is 488 g/mol. The third kappa shape index (κ3) is 5.04. The van der Waals surface area contributed by atoms with Crippen LogP contribution in [0.25, 0.3) is 11.0 Å². The summed E-state index contributed by atoms with van der Waals surface area (Å²) in [4.78, 5) is 33.8. The molecule has 2 amide bonds. The molecule has 0 bridgehead atoms. The van der Waals surface area contributed by atoms with Gasteiger partial charge in [0.1, 0.15) is 22.7 Å². The van der Waals surface area contributed by atoms with E-state index in [1.165, 1.54) is 4.90 Å². The van der Waals surface area contributed by atoms with Crippen molar-refractivity contribution in [3.8, 4) is 11.5 Å². The summed E-state index contributed by atoms with van der Waals surface area (Å²) >= 11 is 0. The minimum atomic E-state index is -0.925. The Morgan fingerprint density at radius 1 is 1.14 bits per heavy atom. The molecule has 1 unspecified atom stereocenters. The topological polar surface area (TPSA) is 145 Å². The Hall–Kier alpha value is -4.67. The van der Waals surface area contributed by atoms with Gasteiger partial charge in [0.15, 0.2) is 11.5 Å². The second kappa shape index (κ2) is 9.90. The first kappa shape index (κ1) is 23.1. The zero-order chi connectivity index (χ0) is 25.1. The van der Waals surface area contributed by atoms with Gasteiger partial charge in [0.2, 0.25) is 0 Å². The van der Waals surface area contributed by atoms with E-state index in [2.05, 4.69) is 30.8 Å². The number of H-pyrrole nitrogens is 1. The zero-order valence-corrected chi connectivity index (χ0v) is 19.6. The quantitative estimate of drug-likeness (QED) is 0.316. The lowest BCUT2D eigenvalue weighted by Crippen LogP contribution is -2.44. The maximum absolute atomic E-state index is 12.6. The van der Waals surface area contributed by atoms with Crippen LogP contribution in [-0.4, -0.2) is 61.3 Å². The number of fused-ring (bicyclic) bond motifs is 1. The molecule has 4 aromatic rings. The number of aryl methyl sites for hydroxylation is 1. The minimum absolute atomic E-state index is 0.0740. The Labute approximate surface area is 206 Å². The number of piperidine rings is 1. The minimum Gasteiger partial charge on any atom is -0.465 e. The molecule has 1 fully saturated rings. The summed E-state index contributed by atoms with van der Waals surface area (Å²) < 4.78 is 6.12. The summed E-state index contributed by atoms with van der Waals surface area (Å²) in [5.74, 6) is 1.84. The van der Waals surface area contributed by atoms with Crippen molar-refractivity contribution in [3.05, 3.63) is 66.0 Å². The molecule has 1 aromatic carbocycles. The molecule has 1 saturated heterocycles. The van der Waals surface area contributed by atoms with Gasteiger partial charge in [-0.05, 0) is 61.7 Å². The second-order valence-corrected chi connectivity index (χ2v) is 8.62. The van der Waals surface area contributed by atoms with E-state index in [0.29, 0.717) is 52.8 Å². The first-order valence-electron chi connectivity index (χ1n) is 11.6. The standard InChI is InChI=1S/C25H25N7O4/c1-15-8-10-26-20(13-15)29-24(33)16-4-6-18(7-5-16)36-19-9-11-27-22-21(19)23(31-30-22)28-17-3-2-12-32(14-17)25(34)35/h4-11,13,17H,2-3,12,14H2,1H3,(H,34,35)(H,26,29,33)(H2,27,28,30,31). The summed E-state index contributed by atoms with van der Waals surface area (Å²) in [5, 5.41) is 23.3. The van der Waals surface area contributed by atoms with Crippen molar-refractivity contribution in [3.63, 3.8) is 0 Å². The molecule has 1 atom stereocenters. The summed E-state index contributed by atoms with van der Waals surface area (Å²) in [7, 11) is 0. The first-order valence-corrected chi connectivity index (χ1v) is 11.6. The molecule has 1 aliphatic rings. The first-order chi connectivity index (χ1) is 17.5. The van der Waals surface area contributed by atoms with Crippen LogP contribution in [0.2, 0.25) is 0 Å². The Kier molecular flexibility index (Phi) is 6.35. The van der Waals surface area contributed by atoms with Crippen LogP contribution in [0.1, 0.15) is 28.8 Å². The maximum atomic E-state index is 12.6. The van der Waals surface area contributed by atoms with E-state index in [9.17, 15) is 14.7 Å². The number of carbonyl (C=O) groups excluding carboxylic acids is 1. The van der Waals surface area contributed by atoms with Gasteiger partial charge in [-0.25, -0.2) is 14.8 Å². The van der Waals surface area contributed by atoms with E-state index in [1.54, 1.807) is 48.8 Å². The van der Waals surface area contributed by atoms with E-state index in [1.807, 2.05) is 13.0 Å². The van der Waals surface area contributed by atoms with Crippen LogP contribution in [0.3, 0.4) is 0 Å². The molecule has 0 aliphatic carbocycles. The number of nitrogens with zero attached hydrogens (tertiary/aromatic N) is 4. The Morgan fingerprint density at radius 3 is 2.72 bits per heavy atom. The fourth-order valence-corrected chi connectivity index (χ4v) is 4.17. The highest BCUT2D eigenvalue weighted by molar-refractivity contribution is 6.03. The number of amides is 2. The highest BCUT2D eigenvalue weighted by Gasteiger charge is 2.25. The monoisotopic (exact) mass is 487 g/mol. The smallest absolute Gasteiger partial charge is 0.407 e. The number of likely N-dealkylation sites (tertiary alicyclic amines) is 1. The third-order valence-corrected chi connectivity index (χ3v) is 5.96. The number of rotatable bonds is 6. The number of hydrogen-bond acceptors (Lipinski definition) is 7. The van der Waals surface area contributed by atoms with Crippen molar-refractivity contribution >= 4 is 34.7 Å². The van der Waals surface area contributed by atoms with Crippen LogP contribution in [-0.2, 0) is 0 Å². The lowest BCUT2D eigenvalue weighted by molar-refractivity contribution is 0.102. The van der Waals surface area contributed by atoms with Gasteiger partial charge in [-0.2, -0.15) is 5.10 Å². The lowest BCUT2D eigenvalue weighted by atomic mass is 10.1. The van der Waals surface area contributed by atoms with Crippen LogP contribution >= 0.6 is 0 Å². The van der Waals surface area contributed by atoms with Gasteiger partial charge in [-0.15, -0.1) is 0 Å². The fourth-order valence-electron chi connectivity index (χ4n) is 4.17. The van der Waals surface area contributed by atoms with Gasteiger partial charge in [0.05, 0.1) is 0 Å². The van der Waals surface area contributed by atoms with Gasteiger partial charge in [0.25, 0.3) is 5.91 Å². The van der Waals surface area contributed by atoms with Crippen LogP contribution in [0.4, 0.5) is 16.4 Å². The van der Waals surface area contributed by atoms with Crippen molar-refractivity contribution in [1.29, 1.82) is 0 Å². The second-order valence-electron chi connectivity index (χ2n) is 8.62. The maximum Gasteiger partial charge on any atom is 0.407 e. The van der Waals surface area contributed by atoms with Crippen LogP contribution < -0.4 is 15.4 Å². The van der Waals surface area contributed by atoms with Crippen molar-refractivity contribution in [1.82, 2.24) is 25.1 Å². The number of anilines is 2. The van der Waals surface area contributed by atoms with E-state index in [4.69, 9.17) is 4.74 Å². The summed E-state index contributed by atoms with van der Waals surface area (Å²) in [5.41, 5.74) is 2.02. The number of hydrogen-bond donors (Lipinski definition) is 4. The normalized spacial score (nSPS) is 15.5. The highest BCUT2D eigenvalue weighted by Crippen LogP contribution is 2.33. The molecule has 4 N–H and O–H groups in total. The average Bonchev–Trinajstić information content (AvgIpc) is 3.28. The Bertz CT molecular complexity index is 1400. The summed E-state index contributed by atoms with van der Waals surface area (Å²) in [6, 6.07) is 12.1. The van der Waals surface area contributed by atoms with Gasteiger partial charge < -0.3 is 25.4 Å². The van der Waals surface area contributed by atoms with E-state index >= 15 is 0 Å². The van der Waals surface area contributed by atoms with E-state index < -0.39 is 6.09 Å². The van der Waals surface area contributed by atoms with Gasteiger partial charge >= 0.3 is 6.09 Å². The van der Waals surface area contributed by atoms with Gasteiger partial charge in [-0.3, -0.25) is 9.89 Å². The Morgan fingerprint density at radius 2 is 1.94 bits per heavy atom. The number of carboxylic acid groups (broad SMARTS) is 1. The molecule has 0 radical (unpaired) electrons. The molecular formula is C25H25N7O4.